The van der Waals surface area contributed by atoms with E-state index < -0.39 is 0 Å². The second-order valence-corrected chi connectivity index (χ2v) is 3.56. The molecule has 0 aliphatic carbocycles. The lowest BCUT2D eigenvalue weighted by Gasteiger charge is -2.01. The molecule has 82 valence electrons. The van der Waals surface area contributed by atoms with E-state index in [0.29, 0.717) is 16.7 Å². The van der Waals surface area contributed by atoms with E-state index in [9.17, 15) is 4.79 Å². The van der Waals surface area contributed by atoms with E-state index in [1.54, 1.807) is 42.2 Å². The quantitative estimate of drug-likeness (QED) is 0.808. The predicted molar refractivity (Wildman–Crippen MR) is 60.4 cm³/mol. The fourth-order valence-corrected chi connectivity index (χ4v) is 1.36. The minimum atomic E-state index is -0.310. The van der Waals surface area contributed by atoms with E-state index in [1.165, 1.54) is 0 Å². The zero-order valence-electron chi connectivity index (χ0n) is 8.51. The summed E-state index contributed by atoms with van der Waals surface area (Å²) in [6, 6.07) is 6.63. The average Bonchev–Trinajstić information content (AvgIpc) is 2.65. The van der Waals surface area contributed by atoms with Gasteiger partial charge in [0.25, 0.3) is 5.91 Å². The molecule has 5 nitrogen and oxygen atoms in total. The number of aryl methyl sites for hydroxylation is 1. The highest BCUT2D eigenvalue weighted by molar-refractivity contribution is 6.29. The van der Waals surface area contributed by atoms with Crippen LogP contribution in [-0.4, -0.2) is 20.7 Å². The number of rotatable bonds is 2. The van der Waals surface area contributed by atoms with Crippen molar-refractivity contribution < 1.29 is 4.79 Å². The maximum Gasteiger partial charge on any atom is 0.277 e. The first-order chi connectivity index (χ1) is 7.65. The van der Waals surface area contributed by atoms with Gasteiger partial charge in [0.2, 0.25) is 0 Å². The molecule has 0 spiro atoms. The normalized spacial score (nSPS) is 10.1. The number of aromatic nitrogens is 3. The number of nitrogens with one attached hydrogen (secondary N) is 1. The standard InChI is InChI=1S/C10H9ClN4O/c1-15-6-5-7(14-15)10(16)13-9-4-2-3-8(11)12-9/h2-6H,1H3,(H,12,13,16). The van der Waals surface area contributed by atoms with Crippen LogP contribution in [0.25, 0.3) is 0 Å². The number of carbonyl (C=O) groups is 1. The minimum Gasteiger partial charge on any atom is -0.305 e. The number of amides is 1. The number of carbonyl (C=O) groups excluding carboxylic acids is 1. The van der Waals surface area contributed by atoms with Crippen molar-refractivity contribution in [2.45, 2.75) is 0 Å². The highest BCUT2D eigenvalue weighted by Crippen LogP contribution is 2.10. The zero-order chi connectivity index (χ0) is 11.5. The van der Waals surface area contributed by atoms with E-state index in [-0.39, 0.29) is 5.91 Å². The Morgan fingerprint density at radius 3 is 2.88 bits per heavy atom. The Balaban J connectivity index is 2.13. The topological polar surface area (TPSA) is 59.8 Å². The SMILES string of the molecule is Cn1ccc(C(=O)Nc2cccc(Cl)n2)n1. The predicted octanol–water partition coefficient (Wildman–Crippen LogP) is 1.72. The van der Waals surface area contributed by atoms with Crippen LogP contribution in [0.2, 0.25) is 5.15 Å². The number of nitrogens with zero attached hydrogens (tertiary/aromatic N) is 3. The molecule has 0 bridgehead atoms. The molecule has 0 unspecified atom stereocenters. The Morgan fingerprint density at radius 1 is 1.44 bits per heavy atom. The second kappa shape index (κ2) is 4.32. The Hall–Kier alpha value is -1.88. The summed E-state index contributed by atoms with van der Waals surface area (Å²) < 4.78 is 1.56. The van der Waals surface area contributed by atoms with Gasteiger partial charge in [0.1, 0.15) is 11.0 Å². The third-order valence-electron chi connectivity index (χ3n) is 1.90. The Labute approximate surface area is 97.1 Å². The van der Waals surface area contributed by atoms with Gasteiger partial charge in [-0.1, -0.05) is 17.7 Å². The van der Waals surface area contributed by atoms with Gasteiger partial charge in [0.05, 0.1) is 0 Å². The number of hydrogen-bond acceptors (Lipinski definition) is 3. The molecule has 6 heteroatoms. The van der Waals surface area contributed by atoms with Crippen molar-refractivity contribution in [1.82, 2.24) is 14.8 Å². The van der Waals surface area contributed by atoms with Crippen molar-refractivity contribution in [3.8, 4) is 0 Å². The van der Waals surface area contributed by atoms with Crippen LogP contribution >= 0.6 is 11.6 Å². The molecule has 0 aromatic carbocycles. The Morgan fingerprint density at radius 2 is 2.25 bits per heavy atom. The van der Waals surface area contributed by atoms with Crippen LogP contribution in [0.15, 0.2) is 30.5 Å². The largest absolute Gasteiger partial charge is 0.305 e. The minimum absolute atomic E-state index is 0.310. The van der Waals surface area contributed by atoms with Crippen molar-refractivity contribution in [2.24, 2.45) is 7.05 Å². The van der Waals surface area contributed by atoms with E-state index in [4.69, 9.17) is 11.6 Å². The summed E-state index contributed by atoms with van der Waals surface area (Å²) in [5.41, 5.74) is 0.337. The fourth-order valence-electron chi connectivity index (χ4n) is 1.19. The lowest BCUT2D eigenvalue weighted by Crippen LogP contribution is -2.13. The lowest BCUT2D eigenvalue weighted by molar-refractivity contribution is 0.102. The van der Waals surface area contributed by atoms with Crippen LogP contribution in [0.1, 0.15) is 10.5 Å². The van der Waals surface area contributed by atoms with Gasteiger partial charge in [-0.05, 0) is 18.2 Å². The van der Waals surface area contributed by atoms with Crippen LogP contribution in [-0.2, 0) is 7.05 Å². The van der Waals surface area contributed by atoms with Gasteiger partial charge in [0.15, 0.2) is 5.69 Å². The molecule has 2 heterocycles. The fraction of sp³-hybridized carbons (Fsp3) is 0.100. The number of hydrogen-bond donors (Lipinski definition) is 1. The molecule has 0 aliphatic heterocycles. The highest BCUT2D eigenvalue weighted by Gasteiger charge is 2.09. The number of anilines is 1. The first-order valence-electron chi connectivity index (χ1n) is 4.59. The van der Waals surface area contributed by atoms with Crippen LogP contribution < -0.4 is 5.32 Å². The number of pyridine rings is 1. The van der Waals surface area contributed by atoms with Crippen molar-refractivity contribution in [2.75, 3.05) is 5.32 Å². The second-order valence-electron chi connectivity index (χ2n) is 3.17. The summed E-state index contributed by atoms with van der Waals surface area (Å²) in [7, 11) is 1.74. The van der Waals surface area contributed by atoms with Crippen LogP contribution in [0.3, 0.4) is 0 Å². The highest BCUT2D eigenvalue weighted by atomic mass is 35.5. The molecule has 2 aromatic heterocycles. The Kier molecular flexibility index (Phi) is 2.87. The van der Waals surface area contributed by atoms with Crippen LogP contribution in [0.5, 0.6) is 0 Å². The Bertz CT molecular complexity index is 523. The van der Waals surface area contributed by atoms with Crippen molar-refractivity contribution in [3.63, 3.8) is 0 Å². The summed E-state index contributed by atoms with van der Waals surface area (Å²) in [5.74, 6) is 0.0959. The summed E-state index contributed by atoms with van der Waals surface area (Å²) in [6.07, 6.45) is 1.69. The summed E-state index contributed by atoms with van der Waals surface area (Å²) in [5, 5.41) is 6.91. The first-order valence-corrected chi connectivity index (χ1v) is 4.96. The van der Waals surface area contributed by atoms with E-state index in [0.717, 1.165) is 0 Å². The molecule has 2 rings (SSSR count). The third kappa shape index (κ3) is 2.38. The average molecular weight is 237 g/mol. The van der Waals surface area contributed by atoms with Gasteiger partial charge in [-0.15, -0.1) is 0 Å². The zero-order valence-corrected chi connectivity index (χ0v) is 9.27. The van der Waals surface area contributed by atoms with Gasteiger partial charge >= 0.3 is 0 Å². The van der Waals surface area contributed by atoms with Crippen LogP contribution in [0.4, 0.5) is 5.82 Å². The molecule has 0 fully saturated rings. The molecule has 0 radical (unpaired) electrons. The first kappa shape index (κ1) is 10.6. The van der Waals surface area contributed by atoms with E-state index in [1.807, 2.05) is 0 Å². The van der Waals surface area contributed by atoms with Crippen LogP contribution in [0, 0.1) is 0 Å². The molecule has 1 amide bonds. The van der Waals surface area contributed by atoms with Crippen molar-refractivity contribution in [3.05, 3.63) is 41.3 Å². The molecule has 0 saturated carbocycles. The third-order valence-corrected chi connectivity index (χ3v) is 2.11. The summed E-state index contributed by atoms with van der Waals surface area (Å²) in [4.78, 5) is 15.6. The van der Waals surface area contributed by atoms with Crippen molar-refractivity contribution in [1.29, 1.82) is 0 Å². The molecular weight excluding hydrogens is 228 g/mol. The van der Waals surface area contributed by atoms with Gasteiger partial charge in [-0.25, -0.2) is 4.98 Å². The summed E-state index contributed by atoms with van der Waals surface area (Å²) >= 11 is 5.70. The molecule has 0 aliphatic rings. The molecule has 0 saturated heterocycles. The van der Waals surface area contributed by atoms with E-state index in [2.05, 4.69) is 15.4 Å². The van der Waals surface area contributed by atoms with Gasteiger partial charge < -0.3 is 5.32 Å². The van der Waals surface area contributed by atoms with E-state index >= 15 is 0 Å². The van der Waals surface area contributed by atoms with Crippen molar-refractivity contribution >= 4 is 23.3 Å². The van der Waals surface area contributed by atoms with Gasteiger partial charge in [-0.3, -0.25) is 9.48 Å². The monoisotopic (exact) mass is 236 g/mol. The lowest BCUT2D eigenvalue weighted by atomic mass is 10.4. The number of halogens is 1. The summed E-state index contributed by atoms with van der Waals surface area (Å²) in [6.45, 7) is 0. The molecule has 0 atom stereocenters. The smallest absolute Gasteiger partial charge is 0.277 e. The molecule has 16 heavy (non-hydrogen) atoms. The van der Waals surface area contributed by atoms with Gasteiger partial charge in [0, 0.05) is 13.2 Å². The molecule has 1 N–H and O–H groups in total. The maximum absolute atomic E-state index is 11.7. The molecular formula is C10H9ClN4O. The molecule has 2 aromatic rings. The van der Waals surface area contributed by atoms with Gasteiger partial charge in [-0.2, -0.15) is 5.10 Å². The maximum atomic E-state index is 11.7.